The molecule has 0 radical (unpaired) electrons. The molecule has 0 spiro atoms. The van der Waals surface area contributed by atoms with Crippen LogP contribution in [0.3, 0.4) is 0 Å². The van der Waals surface area contributed by atoms with Crippen molar-refractivity contribution < 1.29 is 9.26 Å². The highest BCUT2D eigenvalue weighted by Crippen LogP contribution is 2.41. The first-order valence-corrected chi connectivity index (χ1v) is 6.96. The molecule has 2 N–H and O–H groups in total. The maximum atomic E-state index is 5.67. The summed E-state index contributed by atoms with van der Waals surface area (Å²) in [5.74, 6) is 1.91. The summed E-state index contributed by atoms with van der Waals surface area (Å²) in [6.45, 7) is 0. The van der Waals surface area contributed by atoms with Gasteiger partial charge in [-0.25, -0.2) is 0 Å². The molecule has 1 saturated carbocycles. The lowest BCUT2D eigenvalue weighted by molar-refractivity contribution is 0.0751. The van der Waals surface area contributed by atoms with E-state index in [4.69, 9.17) is 15.0 Å². The number of ether oxygens (including phenoxy) is 1. The van der Waals surface area contributed by atoms with E-state index >= 15 is 0 Å². The maximum Gasteiger partial charge on any atom is 0.227 e. The fourth-order valence-electron chi connectivity index (χ4n) is 2.33. The second-order valence-corrected chi connectivity index (χ2v) is 5.28. The molecule has 20 heavy (non-hydrogen) atoms. The van der Waals surface area contributed by atoms with Gasteiger partial charge in [-0.2, -0.15) is 4.98 Å². The van der Waals surface area contributed by atoms with Crippen LogP contribution in [-0.4, -0.2) is 17.3 Å². The van der Waals surface area contributed by atoms with Gasteiger partial charge >= 0.3 is 0 Å². The molecule has 1 unspecified atom stereocenters. The number of aryl methyl sites for hydroxylation is 2. The Morgan fingerprint density at radius 3 is 2.70 bits per heavy atom. The van der Waals surface area contributed by atoms with Crippen LogP contribution in [0.5, 0.6) is 0 Å². The lowest BCUT2D eigenvalue weighted by Gasteiger charge is -2.08. The Kier molecular flexibility index (Phi) is 3.69. The van der Waals surface area contributed by atoms with Crippen molar-refractivity contribution in [1.82, 2.24) is 10.1 Å². The number of hydrogen-bond donors (Lipinski definition) is 1. The fraction of sp³-hybridized carbons (Fsp3) is 0.467. The summed E-state index contributed by atoms with van der Waals surface area (Å²) in [5.41, 5.74) is 7.66. The summed E-state index contributed by atoms with van der Waals surface area (Å²) in [6.07, 6.45) is 3.96. The van der Waals surface area contributed by atoms with E-state index in [2.05, 4.69) is 10.1 Å². The van der Waals surface area contributed by atoms with Gasteiger partial charge in [0, 0.05) is 19.2 Å². The van der Waals surface area contributed by atoms with Crippen molar-refractivity contribution in [3.05, 3.63) is 41.5 Å². The molecule has 1 aromatic carbocycles. The van der Waals surface area contributed by atoms with Crippen LogP contribution in [0.4, 0.5) is 5.69 Å². The van der Waals surface area contributed by atoms with Crippen molar-refractivity contribution in [2.75, 3.05) is 12.8 Å². The Morgan fingerprint density at radius 1 is 1.30 bits per heavy atom. The van der Waals surface area contributed by atoms with Crippen LogP contribution in [0.25, 0.3) is 0 Å². The van der Waals surface area contributed by atoms with Crippen LogP contribution in [-0.2, 0) is 17.6 Å². The van der Waals surface area contributed by atoms with Gasteiger partial charge in [-0.3, -0.25) is 0 Å². The molecule has 3 rings (SSSR count). The molecule has 0 bridgehead atoms. The molecule has 1 aliphatic rings. The van der Waals surface area contributed by atoms with Crippen LogP contribution in [0.15, 0.2) is 28.8 Å². The molecule has 1 aliphatic carbocycles. The Bertz CT molecular complexity index is 561. The first-order valence-electron chi connectivity index (χ1n) is 6.96. The first kappa shape index (κ1) is 13.1. The van der Waals surface area contributed by atoms with Gasteiger partial charge in [0.15, 0.2) is 0 Å². The average molecular weight is 273 g/mol. The third-order valence-corrected chi connectivity index (χ3v) is 3.65. The molecular weight excluding hydrogens is 254 g/mol. The normalized spacial score (nSPS) is 16.2. The molecule has 1 heterocycles. The quantitative estimate of drug-likeness (QED) is 0.819. The molecule has 5 heteroatoms. The largest absolute Gasteiger partial charge is 0.399 e. The van der Waals surface area contributed by atoms with E-state index in [-0.39, 0.29) is 6.10 Å². The Morgan fingerprint density at radius 2 is 2.05 bits per heavy atom. The highest BCUT2D eigenvalue weighted by atomic mass is 16.5. The predicted octanol–water partition coefficient (Wildman–Crippen LogP) is 2.53. The number of benzene rings is 1. The van der Waals surface area contributed by atoms with E-state index in [1.807, 2.05) is 24.3 Å². The van der Waals surface area contributed by atoms with E-state index in [1.165, 1.54) is 18.4 Å². The number of anilines is 1. The molecule has 5 nitrogen and oxygen atoms in total. The molecule has 1 atom stereocenters. The zero-order chi connectivity index (χ0) is 13.9. The monoisotopic (exact) mass is 273 g/mol. The highest BCUT2D eigenvalue weighted by molar-refractivity contribution is 5.39. The second kappa shape index (κ2) is 5.63. The van der Waals surface area contributed by atoms with E-state index in [9.17, 15) is 0 Å². The second-order valence-electron chi connectivity index (χ2n) is 5.28. The van der Waals surface area contributed by atoms with Crippen molar-refractivity contribution in [3.8, 4) is 0 Å². The number of aromatic nitrogens is 2. The van der Waals surface area contributed by atoms with Gasteiger partial charge in [0.1, 0.15) is 6.10 Å². The minimum Gasteiger partial charge on any atom is -0.399 e. The van der Waals surface area contributed by atoms with Gasteiger partial charge in [0.05, 0.1) is 0 Å². The third-order valence-electron chi connectivity index (χ3n) is 3.65. The van der Waals surface area contributed by atoms with Crippen LogP contribution < -0.4 is 5.73 Å². The first-order chi connectivity index (χ1) is 9.76. The highest BCUT2D eigenvalue weighted by Gasteiger charge is 2.35. The van der Waals surface area contributed by atoms with Crippen LogP contribution in [0.1, 0.15) is 36.2 Å². The minimum absolute atomic E-state index is 0.0102. The van der Waals surface area contributed by atoms with Gasteiger partial charge in [0.2, 0.25) is 11.7 Å². The molecule has 1 aromatic heterocycles. The molecule has 0 saturated heterocycles. The minimum atomic E-state index is -0.0102. The smallest absolute Gasteiger partial charge is 0.227 e. The Balaban J connectivity index is 1.60. The number of methoxy groups -OCH3 is 1. The van der Waals surface area contributed by atoms with Crippen molar-refractivity contribution >= 4 is 5.69 Å². The number of nitrogens with zero attached hydrogens (tertiary/aromatic N) is 2. The van der Waals surface area contributed by atoms with E-state index in [0.717, 1.165) is 18.5 Å². The average Bonchev–Trinajstić information content (AvgIpc) is 3.18. The summed E-state index contributed by atoms with van der Waals surface area (Å²) in [5, 5.41) is 4.04. The van der Waals surface area contributed by atoms with Crippen LogP contribution in [0, 0.1) is 5.92 Å². The van der Waals surface area contributed by atoms with Crippen molar-refractivity contribution in [2.45, 2.75) is 31.8 Å². The van der Waals surface area contributed by atoms with Gasteiger partial charge < -0.3 is 15.0 Å². The number of nitrogen functional groups attached to an aromatic ring is 1. The molecule has 0 amide bonds. The summed E-state index contributed by atoms with van der Waals surface area (Å²) >= 11 is 0. The third kappa shape index (κ3) is 2.99. The van der Waals surface area contributed by atoms with Gasteiger partial charge in [-0.1, -0.05) is 17.3 Å². The van der Waals surface area contributed by atoms with Gasteiger partial charge in [-0.05, 0) is 42.9 Å². The Labute approximate surface area is 118 Å². The maximum absolute atomic E-state index is 5.67. The fourth-order valence-corrected chi connectivity index (χ4v) is 2.33. The van der Waals surface area contributed by atoms with Crippen molar-refractivity contribution in [1.29, 1.82) is 0 Å². The number of hydrogen-bond acceptors (Lipinski definition) is 5. The summed E-state index contributed by atoms with van der Waals surface area (Å²) in [7, 11) is 1.70. The predicted molar refractivity (Wildman–Crippen MR) is 75.0 cm³/mol. The number of nitrogens with two attached hydrogens (primary N) is 1. The van der Waals surface area contributed by atoms with Gasteiger partial charge in [-0.15, -0.1) is 0 Å². The van der Waals surface area contributed by atoms with Crippen LogP contribution >= 0.6 is 0 Å². The summed E-state index contributed by atoms with van der Waals surface area (Å²) in [6, 6.07) is 7.86. The lowest BCUT2D eigenvalue weighted by atomic mass is 10.1. The standard InChI is InChI=1S/C15H19N3O2/c1-19-14(11-5-6-11)15-17-13(20-18-15)9-4-10-2-7-12(16)8-3-10/h2-3,7-8,11,14H,4-6,9,16H2,1H3. The van der Waals surface area contributed by atoms with E-state index < -0.39 is 0 Å². The summed E-state index contributed by atoms with van der Waals surface area (Å²) in [4.78, 5) is 4.45. The molecule has 106 valence electrons. The molecular formula is C15H19N3O2. The Hall–Kier alpha value is -1.88. The molecule has 2 aromatic rings. The lowest BCUT2D eigenvalue weighted by Crippen LogP contribution is -2.06. The van der Waals surface area contributed by atoms with Crippen molar-refractivity contribution in [3.63, 3.8) is 0 Å². The van der Waals surface area contributed by atoms with Gasteiger partial charge in [0.25, 0.3) is 0 Å². The van der Waals surface area contributed by atoms with E-state index in [0.29, 0.717) is 17.6 Å². The molecule has 1 fully saturated rings. The topological polar surface area (TPSA) is 74.2 Å². The number of rotatable bonds is 6. The zero-order valence-corrected chi connectivity index (χ0v) is 11.6. The van der Waals surface area contributed by atoms with Crippen LogP contribution in [0.2, 0.25) is 0 Å². The SMILES string of the molecule is COC(c1noc(CCc2ccc(N)cc2)n1)C1CC1. The summed E-state index contributed by atoms with van der Waals surface area (Å²) < 4.78 is 10.8. The molecule has 0 aliphatic heterocycles. The van der Waals surface area contributed by atoms with E-state index in [1.54, 1.807) is 7.11 Å². The van der Waals surface area contributed by atoms with Crippen molar-refractivity contribution in [2.24, 2.45) is 5.92 Å². The zero-order valence-electron chi connectivity index (χ0n) is 11.6.